The molecule has 0 spiro atoms. The van der Waals surface area contributed by atoms with Gasteiger partial charge in [-0.1, -0.05) is 31.9 Å². The van der Waals surface area contributed by atoms with Crippen molar-refractivity contribution in [2.45, 2.75) is 16.4 Å². The Balaban J connectivity index is 3.31. The minimum absolute atomic E-state index is 0.117. The molecule has 0 amide bonds. The molecule has 0 fully saturated rings. The number of hydrogen-bond acceptors (Lipinski definition) is 2. The van der Waals surface area contributed by atoms with Crippen molar-refractivity contribution in [1.29, 1.82) is 0 Å². The Morgan fingerprint density at radius 3 is 1.78 bits per heavy atom. The van der Waals surface area contributed by atoms with Crippen LogP contribution >= 0.6 is 31.9 Å². The van der Waals surface area contributed by atoms with E-state index in [-0.39, 0.29) is 10.0 Å². The molecule has 0 aliphatic heterocycles. The van der Waals surface area contributed by atoms with Gasteiger partial charge in [-0.25, -0.2) is 0 Å². The Labute approximate surface area is 72.2 Å². The molecule has 9 heavy (non-hydrogen) atoms. The van der Waals surface area contributed by atoms with Crippen LogP contribution < -0.4 is 0 Å². The molecule has 0 aromatic rings. The first kappa shape index (κ1) is 9.88. The summed E-state index contributed by atoms with van der Waals surface area (Å²) in [5.41, 5.74) is 0. The molecule has 0 radical (unpaired) electrons. The third-order valence-corrected chi connectivity index (χ3v) is 1.64. The Bertz CT molecular complexity index is 64.0. The van der Waals surface area contributed by atoms with Gasteiger partial charge in [0.15, 0.2) is 6.29 Å². The maximum atomic E-state index is 4.93. The van der Waals surface area contributed by atoms with Gasteiger partial charge in [0.05, 0.1) is 3.74 Å². The van der Waals surface area contributed by atoms with Crippen LogP contribution in [0.5, 0.6) is 0 Å². The highest BCUT2D eigenvalue weighted by atomic mass is 79.9. The molecule has 0 bridgehead atoms. The zero-order valence-corrected chi connectivity index (χ0v) is 8.61. The number of halogens is 2. The van der Waals surface area contributed by atoms with Crippen LogP contribution in [-0.2, 0) is 9.47 Å². The van der Waals surface area contributed by atoms with Crippen molar-refractivity contribution in [2.24, 2.45) is 0 Å². The smallest absolute Gasteiger partial charge is 0.158 e. The van der Waals surface area contributed by atoms with Gasteiger partial charge in [0.25, 0.3) is 0 Å². The molecule has 0 aromatic heterocycles. The summed E-state index contributed by atoms with van der Waals surface area (Å²) in [6, 6.07) is 0. The summed E-state index contributed by atoms with van der Waals surface area (Å²) in [6.07, 6.45) is 0.682. The van der Waals surface area contributed by atoms with Gasteiger partial charge >= 0.3 is 0 Å². The normalized spacial score (nSPS) is 11.3. The second-order valence-corrected chi connectivity index (χ2v) is 4.97. The average molecular weight is 262 g/mol. The molecule has 0 aromatic carbocycles. The van der Waals surface area contributed by atoms with E-state index in [2.05, 4.69) is 31.9 Å². The Hall–Kier alpha value is 0.880. The van der Waals surface area contributed by atoms with Crippen molar-refractivity contribution in [2.75, 3.05) is 14.2 Å². The SMILES string of the molecule is COC(CC(Br)Br)OC. The highest BCUT2D eigenvalue weighted by Crippen LogP contribution is 2.16. The van der Waals surface area contributed by atoms with Crippen LogP contribution in [0.4, 0.5) is 0 Å². The molecular weight excluding hydrogens is 252 g/mol. The fraction of sp³-hybridized carbons (Fsp3) is 1.00. The van der Waals surface area contributed by atoms with Crippen molar-refractivity contribution >= 4 is 31.9 Å². The fourth-order valence-corrected chi connectivity index (χ4v) is 1.04. The van der Waals surface area contributed by atoms with E-state index in [0.717, 1.165) is 6.42 Å². The standard InChI is InChI=1S/C5H10Br2O2/c1-8-5(9-2)3-4(6)7/h4-5H,3H2,1-2H3. The van der Waals surface area contributed by atoms with Crippen LogP contribution in [0.2, 0.25) is 0 Å². The molecule has 0 N–H and O–H groups in total. The molecule has 0 saturated heterocycles. The first-order valence-electron chi connectivity index (χ1n) is 2.54. The lowest BCUT2D eigenvalue weighted by molar-refractivity contribution is -0.103. The van der Waals surface area contributed by atoms with E-state index >= 15 is 0 Å². The second kappa shape index (κ2) is 5.65. The predicted octanol–water partition coefficient (Wildman–Crippen LogP) is 2.11. The third-order valence-electron chi connectivity index (χ3n) is 0.896. The monoisotopic (exact) mass is 260 g/mol. The quantitative estimate of drug-likeness (QED) is 0.570. The predicted molar refractivity (Wildman–Crippen MR) is 44.1 cm³/mol. The summed E-state index contributed by atoms with van der Waals surface area (Å²) in [5, 5.41) is 0. The molecule has 0 saturated carbocycles. The van der Waals surface area contributed by atoms with Gasteiger partial charge < -0.3 is 9.47 Å². The Kier molecular flexibility index (Phi) is 6.20. The molecule has 56 valence electrons. The molecule has 0 aliphatic rings. The van der Waals surface area contributed by atoms with Gasteiger partial charge in [0, 0.05) is 20.6 Å². The highest BCUT2D eigenvalue weighted by Gasteiger charge is 2.08. The van der Waals surface area contributed by atoms with E-state index in [1.54, 1.807) is 14.2 Å². The molecule has 2 nitrogen and oxygen atoms in total. The molecule has 4 heteroatoms. The molecule has 0 rings (SSSR count). The molecule has 0 unspecified atom stereocenters. The van der Waals surface area contributed by atoms with E-state index in [9.17, 15) is 0 Å². The van der Waals surface area contributed by atoms with Crippen molar-refractivity contribution < 1.29 is 9.47 Å². The van der Waals surface area contributed by atoms with Crippen LogP contribution in [0.25, 0.3) is 0 Å². The minimum atomic E-state index is -0.117. The number of methoxy groups -OCH3 is 2. The lowest BCUT2D eigenvalue weighted by Gasteiger charge is -2.12. The zero-order valence-electron chi connectivity index (χ0n) is 5.43. The lowest BCUT2D eigenvalue weighted by atomic mass is 10.5. The number of rotatable bonds is 4. The third kappa shape index (κ3) is 5.33. The van der Waals surface area contributed by atoms with Gasteiger partial charge in [-0.05, 0) is 0 Å². The summed E-state index contributed by atoms with van der Waals surface area (Å²) < 4.78 is 10.1. The van der Waals surface area contributed by atoms with Gasteiger partial charge in [-0.2, -0.15) is 0 Å². The first-order chi connectivity index (χ1) is 4.20. The fourth-order valence-electron chi connectivity index (χ4n) is 0.434. The van der Waals surface area contributed by atoms with Crippen LogP contribution in [0.3, 0.4) is 0 Å². The Morgan fingerprint density at radius 1 is 1.22 bits per heavy atom. The van der Waals surface area contributed by atoms with E-state index in [1.807, 2.05) is 0 Å². The lowest BCUT2D eigenvalue weighted by Crippen LogP contribution is -2.15. The number of alkyl halides is 2. The number of hydrogen-bond donors (Lipinski definition) is 0. The van der Waals surface area contributed by atoms with Crippen molar-refractivity contribution in [3.8, 4) is 0 Å². The minimum Gasteiger partial charge on any atom is -0.356 e. The summed E-state index contributed by atoms with van der Waals surface area (Å²) in [4.78, 5) is 0. The van der Waals surface area contributed by atoms with E-state index in [0.29, 0.717) is 0 Å². The van der Waals surface area contributed by atoms with Gasteiger partial charge in [-0.15, -0.1) is 0 Å². The summed E-state index contributed by atoms with van der Waals surface area (Å²) in [7, 11) is 3.24. The van der Waals surface area contributed by atoms with Gasteiger partial charge in [0.1, 0.15) is 0 Å². The van der Waals surface area contributed by atoms with E-state index < -0.39 is 0 Å². The van der Waals surface area contributed by atoms with E-state index in [1.165, 1.54) is 0 Å². The summed E-state index contributed by atoms with van der Waals surface area (Å²) in [5.74, 6) is 0. The van der Waals surface area contributed by atoms with Crippen molar-refractivity contribution in [3.63, 3.8) is 0 Å². The summed E-state index contributed by atoms with van der Waals surface area (Å²) >= 11 is 6.63. The summed E-state index contributed by atoms with van der Waals surface area (Å²) in [6.45, 7) is 0. The highest BCUT2D eigenvalue weighted by molar-refractivity contribution is 9.24. The number of ether oxygens (including phenoxy) is 2. The van der Waals surface area contributed by atoms with Crippen molar-refractivity contribution in [3.05, 3.63) is 0 Å². The van der Waals surface area contributed by atoms with Crippen LogP contribution in [0, 0.1) is 0 Å². The maximum Gasteiger partial charge on any atom is 0.158 e. The zero-order chi connectivity index (χ0) is 7.28. The Morgan fingerprint density at radius 2 is 1.67 bits per heavy atom. The largest absolute Gasteiger partial charge is 0.356 e. The van der Waals surface area contributed by atoms with Gasteiger partial charge in [-0.3, -0.25) is 0 Å². The molecule has 0 atom stereocenters. The second-order valence-electron chi connectivity index (χ2n) is 1.53. The van der Waals surface area contributed by atoms with Gasteiger partial charge in [0.2, 0.25) is 0 Å². The van der Waals surface area contributed by atoms with Crippen LogP contribution in [-0.4, -0.2) is 24.2 Å². The maximum absolute atomic E-state index is 4.93. The van der Waals surface area contributed by atoms with Crippen LogP contribution in [0.15, 0.2) is 0 Å². The molecular formula is C5H10Br2O2. The molecule has 0 aliphatic carbocycles. The van der Waals surface area contributed by atoms with E-state index in [4.69, 9.17) is 9.47 Å². The first-order valence-corrected chi connectivity index (χ1v) is 4.37. The van der Waals surface area contributed by atoms with Crippen molar-refractivity contribution in [1.82, 2.24) is 0 Å². The molecule has 0 heterocycles. The van der Waals surface area contributed by atoms with Crippen LogP contribution in [0.1, 0.15) is 6.42 Å². The topological polar surface area (TPSA) is 18.5 Å². The average Bonchev–Trinajstić information content (AvgIpc) is 1.82.